The molecule has 0 aromatic heterocycles. The van der Waals surface area contributed by atoms with Gasteiger partial charge in [-0.15, -0.1) is 0 Å². The molecule has 0 amide bonds. The molecule has 1 aliphatic carbocycles. The van der Waals surface area contributed by atoms with Crippen LogP contribution < -0.4 is 9.47 Å². The summed E-state index contributed by atoms with van der Waals surface area (Å²) in [6.45, 7) is 0. The Morgan fingerprint density at radius 1 is 1.44 bits per heavy atom. The molecular formula is C12H12FNO2. The molecule has 1 aliphatic rings. The first-order valence-electron chi connectivity index (χ1n) is 5.19. The molecule has 1 aromatic carbocycles. The van der Waals surface area contributed by atoms with Crippen molar-refractivity contribution in [3.63, 3.8) is 0 Å². The molecule has 4 heteroatoms. The summed E-state index contributed by atoms with van der Waals surface area (Å²) in [7, 11) is 1.45. The molecule has 2 rings (SSSR count). The normalized spacial score (nSPS) is 15.1. The molecule has 1 saturated carbocycles. The summed E-state index contributed by atoms with van der Waals surface area (Å²) in [5, 5.41) is 8.86. The molecule has 16 heavy (non-hydrogen) atoms. The first kappa shape index (κ1) is 10.7. The number of ether oxygens (including phenoxy) is 2. The molecule has 0 bridgehead atoms. The van der Waals surface area contributed by atoms with E-state index in [0.717, 1.165) is 19.3 Å². The highest BCUT2D eigenvalue weighted by atomic mass is 19.1. The number of benzene rings is 1. The van der Waals surface area contributed by atoms with E-state index < -0.39 is 5.82 Å². The molecule has 0 unspecified atom stereocenters. The molecular weight excluding hydrogens is 209 g/mol. The summed E-state index contributed by atoms with van der Waals surface area (Å²) < 4.78 is 24.0. The van der Waals surface area contributed by atoms with Crippen molar-refractivity contribution < 1.29 is 13.9 Å². The van der Waals surface area contributed by atoms with Crippen LogP contribution in [0.1, 0.15) is 24.8 Å². The van der Waals surface area contributed by atoms with Gasteiger partial charge in [0.2, 0.25) is 0 Å². The van der Waals surface area contributed by atoms with E-state index >= 15 is 0 Å². The number of nitrogens with zero attached hydrogens (tertiary/aromatic N) is 1. The standard InChI is InChI=1S/C12H12FNO2/c1-15-9-5-11(13)10(7-14)12(6-9)16-8-3-2-4-8/h5-6,8H,2-4H2,1H3. The number of methoxy groups -OCH3 is 1. The Kier molecular flexibility index (Phi) is 2.95. The minimum Gasteiger partial charge on any atom is -0.497 e. The van der Waals surface area contributed by atoms with E-state index in [1.165, 1.54) is 13.2 Å². The number of hydrogen-bond donors (Lipinski definition) is 0. The van der Waals surface area contributed by atoms with Gasteiger partial charge in [0, 0.05) is 12.1 Å². The first-order chi connectivity index (χ1) is 7.74. The van der Waals surface area contributed by atoms with E-state index in [1.54, 1.807) is 6.07 Å². The fourth-order valence-electron chi connectivity index (χ4n) is 1.55. The highest BCUT2D eigenvalue weighted by Crippen LogP contribution is 2.31. The highest BCUT2D eigenvalue weighted by molar-refractivity contribution is 5.48. The molecule has 0 radical (unpaired) electrons. The quantitative estimate of drug-likeness (QED) is 0.787. The summed E-state index contributed by atoms with van der Waals surface area (Å²) in [5.41, 5.74) is -0.0484. The number of rotatable bonds is 3. The number of halogens is 1. The Balaban J connectivity index is 2.32. The summed E-state index contributed by atoms with van der Waals surface area (Å²) in [4.78, 5) is 0. The average molecular weight is 221 g/mol. The Labute approximate surface area is 93.4 Å². The van der Waals surface area contributed by atoms with Gasteiger partial charge < -0.3 is 9.47 Å². The SMILES string of the molecule is COc1cc(F)c(C#N)c(OC2CCC2)c1. The molecule has 3 nitrogen and oxygen atoms in total. The Hall–Kier alpha value is -1.76. The van der Waals surface area contributed by atoms with E-state index in [0.29, 0.717) is 5.75 Å². The lowest BCUT2D eigenvalue weighted by atomic mass is 9.96. The molecule has 1 aromatic rings. The van der Waals surface area contributed by atoms with Gasteiger partial charge in [0.25, 0.3) is 0 Å². The largest absolute Gasteiger partial charge is 0.497 e. The van der Waals surface area contributed by atoms with E-state index in [-0.39, 0.29) is 17.4 Å². The predicted molar refractivity (Wildman–Crippen MR) is 55.9 cm³/mol. The van der Waals surface area contributed by atoms with Crippen molar-refractivity contribution in [3.8, 4) is 17.6 Å². The zero-order valence-electron chi connectivity index (χ0n) is 9.00. The van der Waals surface area contributed by atoms with Crippen LogP contribution in [0.25, 0.3) is 0 Å². The van der Waals surface area contributed by atoms with E-state index in [4.69, 9.17) is 14.7 Å². The summed E-state index contributed by atoms with van der Waals surface area (Å²) >= 11 is 0. The van der Waals surface area contributed by atoms with Crippen molar-refractivity contribution in [1.29, 1.82) is 5.26 Å². The lowest BCUT2D eigenvalue weighted by molar-refractivity contribution is 0.119. The first-order valence-corrected chi connectivity index (χ1v) is 5.19. The zero-order valence-corrected chi connectivity index (χ0v) is 9.00. The second-order valence-corrected chi connectivity index (χ2v) is 3.76. The molecule has 84 valence electrons. The van der Waals surface area contributed by atoms with Crippen LogP contribution in [-0.4, -0.2) is 13.2 Å². The molecule has 0 heterocycles. The van der Waals surface area contributed by atoms with Gasteiger partial charge in [-0.05, 0) is 19.3 Å². The summed E-state index contributed by atoms with van der Waals surface area (Å²) in [6, 6.07) is 4.56. The molecule has 0 spiro atoms. The van der Waals surface area contributed by atoms with Crippen LogP contribution in [0.2, 0.25) is 0 Å². The Morgan fingerprint density at radius 3 is 2.69 bits per heavy atom. The van der Waals surface area contributed by atoms with Crippen molar-refractivity contribution in [2.24, 2.45) is 0 Å². The molecule has 1 fully saturated rings. The van der Waals surface area contributed by atoms with Crippen LogP contribution in [0, 0.1) is 17.1 Å². The third kappa shape index (κ3) is 1.94. The number of nitriles is 1. The summed E-state index contributed by atoms with van der Waals surface area (Å²) in [5.74, 6) is 0.0473. The number of hydrogen-bond acceptors (Lipinski definition) is 3. The van der Waals surface area contributed by atoms with Crippen molar-refractivity contribution in [2.45, 2.75) is 25.4 Å². The molecule has 0 aliphatic heterocycles. The van der Waals surface area contributed by atoms with Gasteiger partial charge in [-0.2, -0.15) is 5.26 Å². The van der Waals surface area contributed by atoms with Crippen LogP contribution in [0.3, 0.4) is 0 Å². The third-order valence-electron chi connectivity index (χ3n) is 2.72. The second-order valence-electron chi connectivity index (χ2n) is 3.76. The van der Waals surface area contributed by atoms with E-state index in [2.05, 4.69) is 0 Å². The maximum atomic E-state index is 13.5. The van der Waals surface area contributed by atoms with Crippen molar-refractivity contribution in [3.05, 3.63) is 23.5 Å². The second kappa shape index (κ2) is 4.40. The van der Waals surface area contributed by atoms with Crippen LogP contribution in [0.4, 0.5) is 4.39 Å². The smallest absolute Gasteiger partial charge is 0.148 e. The molecule has 0 saturated heterocycles. The fraction of sp³-hybridized carbons (Fsp3) is 0.417. The summed E-state index contributed by atoms with van der Waals surface area (Å²) in [6.07, 6.45) is 3.16. The maximum Gasteiger partial charge on any atom is 0.148 e. The van der Waals surface area contributed by atoms with Gasteiger partial charge in [-0.1, -0.05) is 0 Å². The molecule has 0 atom stereocenters. The van der Waals surface area contributed by atoms with Crippen LogP contribution in [0.15, 0.2) is 12.1 Å². The van der Waals surface area contributed by atoms with Gasteiger partial charge in [0.15, 0.2) is 0 Å². The average Bonchev–Trinajstić information content (AvgIpc) is 2.22. The zero-order chi connectivity index (χ0) is 11.5. The maximum absolute atomic E-state index is 13.5. The van der Waals surface area contributed by atoms with E-state index in [9.17, 15) is 4.39 Å². The molecule has 0 N–H and O–H groups in total. The van der Waals surface area contributed by atoms with Crippen molar-refractivity contribution >= 4 is 0 Å². The van der Waals surface area contributed by atoms with Gasteiger partial charge in [-0.3, -0.25) is 0 Å². The van der Waals surface area contributed by atoms with Gasteiger partial charge in [-0.25, -0.2) is 4.39 Å². The lowest BCUT2D eigenvalue weighted by Crippen LogP contribution is -2.25. The van der Waals surface area contributed by atoms with Crippen LogP contribution in [-0.2, 0) is 0 Å². The van der Waals surface area contributed by atoms with Crippen LogP contribution in [0.5, 0.6) is 11.5 Å². The van der Waals surface area contributed by atoms with Gasteiger partial charge in [0.1, 0.15) is 28.9 Å². The van der Waals surface area contributed by atoms with E-state index in [1.807, 2.05) is 6.07 Å². The monoisotopic (exact) mass is 221 g/mol. The topological polar surface area (TPSA) is 42.2 Å². The predicted octanol–water partition coefficient (Wildman–Crippen LogP) is 2.64. The minimum absolute atomic E-state index is 0.0484. The van der Waals surface area contributed by atoms with Gasteiger partial charge in [0.05, 0.1) is 13.2 Å². The van der Waals surface area contributed by atoms with Crippen LogP contribution >= 0.6 is 0 Å². The van der Waals surface area contributed by atoms with Crippen molar-refractivity contribution in [2.75, 3.05) is 7.11 Å². The Morgan fingerprint density at radius 2 is 2.19 bits per heavy atom. The van der Waals surface area contributed by atoms with Crippen molar-refractivity contribution in [1.82, 2.24) is 0 Å². The minimum atomic E-state index is -0.601. The third-order valence-corrected chi connectivity index (χ3v) is 2.72. The lowest BCUT2D eigenvalue weighted by Gasteiger charge is -2.27. The fourth-order valence-corrected chi connectivity index (χ4v) is 1.55. The Bertz CT molecular complexity index is 435. The van der Waals surface area contributed by atoms with Gasteiger partial charge >= 0.3 is 0 Å². The highest BCUT2D eigenvalue weighted by Gasteiger charge is 2.22.